The van der Waals surface area contributed by atoms with Crippen LogP contribution in [0.4, 0.5) is 14.5 Å². The number of para-hydroxylation sites is 1. The number of esters is 1. The third-order valence-corrected chi connectivity index (χ3v) is 3.29. The Bertz CT molecular complexity index is 722. The van der Waals surface area contributed by atoms with Gasteiger partial charge in [0.15, 0.2) is 6.61 Å². The number of benzene rings is 2. The fraction of sp³-hybridized carbons (Fsp3) is 0.0667. The maximum absolute atomic E-state index is 13.3. The van der Waals surface area contributed by atoms with E-state index in [1.165, 1.54) is 24.3 Å². The first-order chi connectivity index (χ1) is 10.5. The highest BCUT2D eigenvalue weighted by molar-refractivity contribution is 9.10. The van der Waals surface area contributed by atoms with Crippen LogP contribution in [0.1, 0.15) is 10.4 Å². The van der Waals surface area contributed by atoms with E-state index in [4.69, 9.17) is 4.74 Å². The summed E-state index contributed by atoms with van der Waals surface area (Å²) in [7, 11) is 0. The van der Waals surface area contributed by atoms with E-state index < -0.39 is 30.1 Å². The fourth-order valence-electron chi connectivity index (χ4n) is 1.61. The summed E-state index contributed by atoms with van der Waals surface area (Å²) in [6, 6.07) is 9.05. The lowest BCUT2D eigenvalue weighted by Crippen LogP contribution is -2.21. The van der Waals surface area contributed by atoms with E-state index >= 15 is 0 Å². The molecule has 0 heterocycles. The minimum atomic E-state index is -0.796. The van der Waals surface area contributed by atoms with E-state index in [9.17, 15) is 18.4 Å². The molecule has 0 unspecified atom stereocenters. The number of hydrogen-bond donors (Lipinski definition) is 1. The van der Waals surface area contributed by atoms with Crippen molar-refractivity contribution in [3.8, 4) is 0 Å². The first kappa shape index (κ1) is 16.1. The van der Waals surface area contributed by atoms with Crippen LogP contribution in [-0.2, 0) is 9.53 Å². The molecule has 0 saturated heterocycles. The molecule has 22 heavy (non-hydrogen) atoms. The van der Waals surface area contributed by atoms with Crippen LogP contribution < -0.4 is 5.32 Å². The van der Waals surface area contributed by atoms with Crippen LogP contribution >= 0.6 is 15.9 Å². The second kappa shape index (κ2) is 7.13. The molecule has 0 fully saturated rings. The molecule has 0 atom stereocenters. The van der Waals surface area contributed by atoms with E-state index in [0.717, 1.165) is 12.1 Å². The zero-order chi connectivity index (χ0) is 16.1. The normalized spacial score (nSPS) is 10.1. The number of amides is 1. The maximum Gasteiger partial charge on any atom is 0.339 e. The van der Waals surface area contributed by atoms with Crippen molar-refractivity contribution in [3.63, 3.8) is 0 Å². The Hall–Kier alpha value is -2.28. The third kappa shape index (κ3) is 4.11. The van der Waals surface area contributed by atoms with Gasteiger partial charge >= 0.3 is 5.97 Å². The van der Waals surface area contributed by atoms with Gasteiger partial charge in [0, 0.05) is 4.47 Å². The van der Waals surface area contributed by atoms with Crippen molar-refractivity contribution in [2.75, 3.05) is 11.9 Å². The second-order valence-electron chi connectivity index (χ2n) is 4.23. The summed E-state index contributed by atoms with van der Waals surface area (Å²) < 4.78 is 31.3. The van der Waals surface area contributed by atoms with Gasteiger partial charge in [0.25, 0.3) is 5.91 Å². The molecule has 4 nitrogen and oxygen atoms in total. The summed E-state index contributed by atoms with van der Waals surface area (Å²) >= 11 is 3.03. The van der Waals surface area contributed by atoms with Crippen LogP contribution in [0.15, 0.2) is 46.9 Å². The Morgan fingerprint density at radius 2 is 1.86 bits per heavy atom. The molecule has 2 rings (SSSR count). The number of hydrogen-bond acceptors (Lipinski definition) is 3. The molecule has 0 aliphatic rings. The molecule has 0 aromatic heterocycles. The molecular weight excluding hydrogens is 360 g/mol. The molecule has 1 amide bonds. The summed E-state index contributed by atoms with van der Waals surface area (Å²) in [6.45, 7) is -0.586. The fourth-order valence-corrected chi connectivity index (χ4v) is 2.13. The molecule has 0 aliphatic heterocycles. The van der Waals surface area contributed by atoms with Crippen LogP contribution in [0.25, 0.3) is 0 Å². The minimum Gasteiger partial charge on any atom is -0.452 e. The molecule has 7 heteroatoms. The van der Waals surface area contributed by atoms with E-state index in [2.05, 4.69) is 21.2 Å². The SMILES string of the molecule is O=C(COC(=O)c1ccc(F)cc1Br)Nc1ccccc1F. The monoisotopic (exact) mass is 369 g/mol. The predicted molar refractivity (Wildman–Crippen MR) is 79.4 cm³/mol. The quantitative estimate of drug-likeness (QED) is 0.838. The molecule has 2 aromatic rings. The molecule has 2 aromatic carbocycles. The van der Waals surface area contributed by atoms with Gasteiger partial charge in [0.2, 0.25) is 0 Å². The van der Waals surface area contributed by atoms with Crippen molar-refractivity contribution in [3.05, 3.63) is 64.1 Å². The number of rotatable bonds is 4. The first-order valence-electron chi connectivity index (χ1n) is 6.14. The van der Waals surface area contributed by atoms with Gasteiger partial charge in [0.1, 0.15) is 11.6 Å². The Kier molecular flexibility index (Phi) is 5.21. The first-order valence-corrected chi connectivity index (χ1v) is 6.93. The Labute approximate surface area is 133 Å². The molecule has 114 valence electrons. The molecule has 0 saturated carbocycles. The summed E-state index contributed by atoms with van der Waals surface area (Å²) in [6.07, 6.45) is 0. The van der Waals surface area contributed by atoms with Gasteiger partial charge in [-0.05, 0) is 46.3 Å². The lowest BCUT2D eigenvalue weighted by molar-refractivity contribution is -0.119. The average molecular weight is 370 g/mol. The molecule has 0 bridgehead atoms. The van der Waals surface area contributed by atoms with Crippen LogP contribution in [0.3, 0.4) is 0 Å². The van der Waals surface area contributed by atoms with Gasteiger partial charge in [-0.2, -0.15) is 0 Å². The summed E-state index contributed by atoms with van der Waals surface area (Å²) in [5.41, 5.74) is 0.0756. The standard InChI is InChI=1S/C15H10BrF2NO3/c16-11-7-9(17)5-6-10(11)15(21)22-8-14(20)19-13-4-2-1-3-12(13)18/h1-7H,8H2,(H,19,20). The van der Waals surface area contributed by atoms with Crippen LogP contribution in [-0.4, -0.2) is 18.5 Å². The lowest BCUT2D eigenvalue weighted by atomic mass is 10.2. The molecule has 1 N–H and O–H groups in total. The summed E-state index contributed by atoms with van der Waals surface area (Å²) in [4.78, 5) is 23.4. The van der Waals surface area contributed by atoms with Crippen molar-refractivity contribution >= 4 is 33.5 Å². The Morgan fingerprint density at radius 3 is 2.55 bits per heavy atom. The van der Waals surface area contributed by atoms with Crippen LogP contribution in [0.5, 0.6) is 0 Å². The molecular formula is C15H10BrF2NO3. The number of nitrogens with one attached hydrogen (secondary N) is 1. The topological polar surface area (TPSA) is 55.4 Å². The zero-order valence-electron chi connectivity index (χ0n) is 11.1. The van der Waals surface area contributed by atoms with Gasteiger partial charge in [0.05, 0.1) is 11.3 Å². The van der Waals surface area contributed by atoms with Gasteiger partial charge < -0.3 is 10.1 Å². The highest BCUT2D eigenvalue weighted by Gasteiger charge is 2.14. The molecule has 0 radical (unpaired) electrons. The van der Waals surface area contributed by atoms with E-state index in [1.54, 1.807) is 6.07 Å². The predicted octanol–water partition coefficient (Wildman–Crippen LogP) is 3.52. The summed E-state index contributed by atoms with van der Waals surface area (Å²) in [5, 5.41) is 2.28. The highest BCUT2D eigenvalue weighted by atomic mass is 79.9. The van der Waals surface area contributed by atoms with Crippen LogP contribution in [0.2, 0.25) is 0 Å². The third-order valence-electron chi connectivity index (χ3n) is 2.63. The van der Waals surface area contributed by atoms with E-state index in [1.807, 2.05) is 0 Å². The Morgan fingerprint density at radius 1 is 1.14 bits per heavy atom. The average Bonchev–Trinajstić information content (AvgIpc) is 2.47. The van der Waals surface area contributed by atoms with Gasteiger partial charge in [-0.15, -0.1) is 0 Å². The van der Waals surface area contributed by atoms with Crippen molar-refractivity contribution in [1.82, 2.24) is 0 Å². The Balaban J connectivity index is 1.93. The second-order valence-corrected chi connectivity index (χ2v) is 5.08. The molecule has 0 aliphatic carbocycles. The van der Waals surface area contributed by atoms with E-state index in [0.29, 0.717) is 0 Å². The smallest absolute Gasteiger partial charge is 0.339 e. The van der Waals surface area contributed by atoms with Crippen molar-refractivity contribution in [1.29, 1.82) is 0 Å². The van der Waals surface area contributed by atoms with Crippen LogP contribution in [0, 0.1) is 11.6 Å². The lowest BCUT2D eigenvalue weighted by Gasteiger charge is -2.08. The van der Waals surface area contributed by atoms with Crippen molar-refractivity contribution in [2.24, 2.45) is 0 Å². The van der Waals surface area contributed by atoms with E-state index in [-0.39, 0.29) is 15.7 Å². The molecule has 0 spiro atoms. The number of carbonyl (C=O) groups excluding carboxylic acids is 2. The van der Waals surface area contributed by atoms with Crippen molar-refractivity contribution in [2.45, 2.75) is 0 Å². The number of ether oxygens (including phenoxy) is 1. The van der Waals surface area contributed by atoms with Crippen molar-refractivity contribution < 1.29 is 23.1 Å². The number of carbonyl (C=O) groups is 2. The minimum absolute atomic E-state index is 0.00786. The van der Waals surface area contributed by atoms with Gasteiger partial charge in [-0.25, -0.2) is 13.6 Å². The number of halogens is 3. The largest absolute Gasteiger partial charge is 0.452 e. The number of anilines is 1. The van der Waals surface area contributed by atoms with Gasteiger partial charge in [-0.3, -0.25) is 4.79 Å². The maximum atomic E-state index is 13.3. The summed E-state index contributed by atoms with van der Waals surface area (Å²) in [5.74, 6) is -2.59. The zero-order valence-corrected chi connectivity index (χ0v) is 12.7. The highest BCUT2D eigenvalue weighted by Crippen LogP contribution is 2.19. The van der Waals surface area contributed by atoms with Gasteiger partial charge in [-0.1, -0.05) is 12.1 Å².